The van der Waals surface area contributed by atoms with Gasteiger partial charge in [-0.1, -0.05) is 0 Å². The van der Waals surface area contributed by atoms with Crippen LogP contribution < -0.4 is 4.74 Å². The van der Waals surface area contributed by atoms with Gasteiger partial charge in [-0.3, -0.25) is 4.79 Å². The maximum Gasteiger partial charge on any atom is 0.347 e. The van der Waals surface area contributed by atoms with Crippen molar-refractivity contribution < 1.29 is 27.5 Å². The Kier molecular flexibility index (Phi) is 6.21. The summed E-state index contributed by atoms with van der Waals surface area (Å²) >= 11 is 0. The largest absolute Gasteiger partial charge is 0.479 e. The minimum Gasteiger partial charge on any atom is -0.479 e. The van der Waals surface area contributed by atoms with Crippen LogP contribution >= 0.6 is 0 Å². The van der Waals surface area contributed by atoms with E-state index in [2.05, 4.69) is 0 Å². The van der Waals surface area contributed by atoms with Gasteiger partial charge in [0, 0.05) is 13.1 Å². The molecule has 140 valence electrons. The van der Waals surface area contributed by atoms with Gasteiger partial charge in [0.15, 0.2) is 22.5 Å². The first-order chi connectivity index (χ1) is 12.2. The Labute approximate surface area is 152 Å². The van der Waals surface area contributed by atoms with Crippen molar-refractivity contribution in [3.8, 4) is 11.8 Å². The number of carbonyl (C=O) groups excluding carboxylic acids is 2. The molecule has 0 spiro atoms. The van der Waals surface area contributed by atoms with Crippen molar-refractivity contribution >= 4 is 21.7 Å². The molecule has 1 saturated heterocycles. The molecule has 26 heavy (non-hydrogen) atoms. The van der Waals surface area contributed by atoms with E-state index in [4.69, 9.17) is 14.7 Å². The van der Waals surface area contributed by atoms with Crippen molar-refractivity contribution in [3.63, 3.8) is 0 Å². The molecule has 1 aliphatic rings. The fraction of sp³-hybridized carbons (Fsp3) is 0.471. The third-order valence-electron chi connectivity index (χ3n) is 4.12. The number of likely N-dealkylation sites (N-methyl/N-ethyl adjacent to an activating group) is 1. The normalized spacial score (nSPS) is 19.2. The van der Waals surface area contributed by atoms with Crippen LogP contribution in [-0.4, -0.2) is 62.5 Å². The molecule has 0 aromatic heterocycles. The van der Waals surface area contributed by atoms with Gasteiger partial charge < -0.3 is 14.4 Å². The van der Waals surface area contributed by atoms with Crippen LogP contribution in [0.2, 0.25) is 0 Å². The lowest BCUT2D eigenvalue weighted by atomic mass is 10.2. The molecule has 8 nitrogen and oxygen atoms in total. The summed E-state index contributed by atoms with van der Waals surface area (Å²) < 4.78 is 33.3. The number of ether oxygens (including phenoxy) is 2. The van der Waals surface area contributed by atoms with Crippen LogP contribution in [0.3, 0.4) is 0 Å². The number of amides is 1. The number of carbonyl (C=O) groups is 2. The van der Waals surface area contributed by atoms with Crippen LogP contribution in [0, 0.1) is 11.3 Å². The molecule has 0 radical (unpaired) electrons. The van der Waals surface area contributed by atoms with Gasteiger partial charge in [-0.05, 0) is 37.6 Å². The van der Waals surface area contributed by atoms with E-state index >= 15 is 0 Å². The van der Waals surface area contributed by atoms with Crippen molar-refractivity contribution in [3.05, 3.63) is 29.8 Å². The lowest BCUT2D eigenvalue weighted by Gasteiger charge is -2.23. The predicted molar refractivity (Wildman–Crippen MR) is 92.0 cm³/mol. The standard InChI is InChI=1S/C17H20N2O6S/c1-12(25-15-5-3-13(9-18)4-6-15)17(21)24-10-16(20)19(2)14-7-8-26(22,23)11-14/h3-6,12,14H,7-8,10-11H2,1-2H3/t12-,14+/m0/s1. The second kappa shape index (κ2) is 8.19. The summed E-state index contributed by atoms with van der Waals surface area (Å²) in [6.07, 6.45) is -0.551. The summed E-state index contributed by atoms with van der Waals surface area (Å²) in [6.45, 7) is 1.01. The van der Waals surface area contributed by atoms with Crippen LogP contribution in [0.5, 0.6) is 5.75 Å². The first kappa shape index (κ1) is 19.7. The first-order valence-electron chi connectivity index (χ1n) is 8.01. The van der Waals surface area contributed by atoms with E-state index < -0.39 is 40.5 Å². The van der Waals surface area contributed by atoms with Gasteiger partial charge in [0.1, 0.15) is 5.75 Å². The second-order valence-electron chi connectivity index (χ2n) is 6.07. The van der Waals surface area contributed by atoms with Gasteiger partial charge in [0.25, 0.3) is 5.91 Å². The van der Waals surface area contributed by atoms with Gasteiger partial charge in [0.05, 0.1) is 23.1 Å². The molecule has 1 amide bonds. The number of rotatable bonds is 6. The summed E-state index contributed by atoms with van der Waals surface area (Å²) in [5, 5.41) is 8.74. The molecule has 1 aliphatic heterocycles. The molecule has 1 aromatic rings. The molecule has 1 heterocycles. The second-order valence-corrected chi connectivity index (χ2v) is 8.29. The predicted octanol–water partition coefficient (Wildman–Crippen LogP) is 0.514. The van der Waals surface area contributed by atoms with E-state index in [0.717, 1.165) is 0 Å². The molecular weight excluding hydrogens is 360 g/mol. The molecule has 2 rings (SSSR count). The maximum atomic E-state index is 12.1. The van der Waals surface area contributed by atoms with Gasteiger partial charge in [-0.2, -0.15) is 5.26 Å². The van der Waals surface area contributed by atoms with E-state index in [-0.39, 0.29) is 11.5 Å². The topological polar surface area (TPSA) is 114 Å². The number of esters is 1. The molecule has 9 heteroatoms. The smallest absolute Gasteiger partial charge is 0.347 e. The van der Waals surface area contributed by atoms with Crippen LogP contribution in [0.4, 0.5) is 0 Å². The fourth-order valence-corrected chi connectivity index (χ4v) is 4.27. The van der Waals surface area contributed by atoms with Crippen LogP contribution in [0.25, 0.3) is 0 Å². The minimum atomic E-state index is -3.10. The van der Waals surface area contributed by atoms with Crippen molar-refractivity contribution in [2.24, 2.45) is 0 Å². The summed E-state index contributed by atoms with van der Waals surface area (Å²) in [4.78, 5) is 25.3. The number of benzene rings is 1. The highest BCUT2D eigenvalue weighted by Gasteiger charge is 2.33. The summed E-state index contributed by atoms with van der Waals surface area (Å²) in [6, 6.07) is 7.81. The molecule has 0 unspecified atom stereocenters. The monoisotopic (exact) mass is 380 g/mol. The lowest BCUT2D eigenvalue weighted by molar-refractivity contribution is -0.157. The summed E-state index contributed by atoms with van der Waals surface area (Å²) in [5.41, 5.74) is 0.468. The Balaban J connectivity index is 1.81. The maximum absolute atomic E-state index is 12.1. The Hall–Kier alpha value is -2.60. The van der Waals surface area contributed by atoms with Gasteiger partial charge in [-0.25, -0.2) is 13.2 Å². The molecule has 2 atom stereocenters. The van der Waals surface area contributed by atoms with Crippen molar-refractivity contribution in [1.82, 2.24) is 4.90 Å². The highest BCUT2D eigenvalue weighted by molar-refractivity contribution is 7.91. The summed E-state index contributed by atoms with van der Waals surface area (Å²) in [5.74, 6) is -0.791. The highest BCUT2D eigenvalue weighted by Crippen LogP contribution is 2.17. The number of sulfone groups is 1. The van der Waals surface area contributed by atoms with E-state index in [1.54, 1.807) is 24.3 Å². The third kappa shape index (κ3) is 5.20. The zero-order valence-electron chi connectivity index (χ0n) is 14.5. The van der Waals surface area contributed by atoms with Crippen LogP contribution in [0.1, 0.15) is 18.9 Å². The van der Waals surface area contributed by atoms with Crippen molar-refractivity contribution in [2.45, 2.75) is 25.5 Å². The molecule has 0 saturated carbocycles. The Morgan fingerprint density at radius 1 is 1.35 bits per heavy atom. The Morgan fingerprint density at radius 2 is 2.00 bits per heavy atom. The van der Waals surface area contributed by atoms with E-state index in [0.29, 0.717) is 17.7 Å². The number of nitrogens with zero attached hydrogens (tertiary/aromatic N) is 2. The summed E-state index contributed by atoms with van der Waals surface area (Å²) in [7, 11) is -1.60. The third-order valence-corrected chi connectivity index (χ3v) is 5.87. The zero-order valence-corrected chi connectivity index (χ0v) is 15.4. The van der Waals surface area contributed by atoms with Crippen molar-refractivity contribution in [2.75, 3.05) is 25.2 Å². The molecule has 1 fully saturated rings. The van der Waals surface area contributed by atoms with Gasteiger partial charge in [0.2, 0.25) is 0 Å². The molecular formula is C17H20N2O6S. The van der Waals surface area contributed by atoms with Gasteiger partial charge in [-0.15, -0.1) is 0 Å². The average molecular weight is 380 g/mol. The minimum absolute atomic E-state index is 0.0601. The number of nitriles is 1. The number of hydrogen-bond donors (Lipinski definition) is 0. The molecule has 0 bridgehead atoms. The fourth-order valence-electron chi connectivity index (χ4n) is 2.50. The quantitative estimate of drug-likeness (QED) is 0.661. The van der Waals surface area contributed by atoms with Crippen LogP contribution in [0.15, 0.2) is 24.3 Å². The van der Waals surface area contributed by atoms with Crippen molar-refractivity contribution in [1.29, 1.82) is 5.26 Å². The van der Waals surface area contributed by atoms with E-state index in [9.17, 15) is 18.0 Å². The van der Waals surface area contributed by atoms with E-state index in [1.165, 1.54) is 18.9 Å². The Bertz CT molecular complexity index is 813. The lowest BCUT2D eigenvalue weighted by Crippen LogP contribution is -2.41. The van der Waals surface area contributed by atoms with Gasteiger partial charge >= 0.3 is 5.97 Å². The highest BCUT2D eigenvalue weighted by atomic mass is 32.2. The molecule has 0 N–H and O–H groups in total. The average Bonchev–Trinajstić information content (AvgIpc) is 2.99. The number of hydrogen-bond acceptors (Lipinski definition) is 7. The Morgan fingerprint density at radius 3 is 2.54 bits per heavy atom. The first-order valence-corrected chi connectivity index (χ1v) is 9.83. The van der Waals surface area contributed by atoms with E-state index in [1.807, 2.05) is 6.07 Å². The zero-order chi connectivity index (χ0) is 19.3. The van der Waals surface area contributed by atoms with Crippen LogP contribution in [-0.2, 0) is 24.2 Å². The SMILES string of the molecule is C[C@H](Oc1ccc(C#N)cc1)C(=O)OCC(=O)N(C)[C@@H]1CCS(=O)(=O)C1. The molecule has 1 aromatic carbocycles. The molecule has 0 aliphatic carbocycles.